The maximum atomic E-state index is 12.6. The van der Waals surface area contributed by atoms with Gasteiger partial charge in [-0.25, -0.2) is 0 Å². The second-order valence-electron chi connectivity index (χ2n) is 6.33. The number of aromatic amines is 1. The average Bonchev–Trinajstić information content (AvgIpc) is 2.98. The summed E-state index contributed by atoms with van der Waals surface area (Å²) in [5.41, 5.74) is 3.21. The molecular weight excluding hydrogens is 298 g/mol. The molecule has 0 fully saturated rings. The molecule has 0 aliphatic heterocycles. The van der Waals surface area contributed by atoms with Crippen LogP contribution in [0.25, 0.3) is 10.9 Å². The lowest BCUT2D eigenvalue weighted by atomic mass is 10.1. The topological polar surface area (TPSA) is 48.1 Å². The van der Waals surface area contributed by atoms with Gasteiger partial charge in [-0.15, -0.1) is 0 Å². The van der Waals surface area contributed by atoms with Gasteiger partial charge >= 0.3 is 0 Å². The standard InChI is InChI=1S/C20H23N3O/c1-23(2)14-19(15-8-4-3-5-9-15)22-20(24)12-16-13-21-18-11-7-6-10-17(16)18/h3-11,13,19,21H,12,14H2,1-2H3,(H,22,24). The molecule has 4 nitrogen and oxygen atoms in total. The highest BCUT2D eigenvalue weighted by molar-refractivity contribution is 5.89. The van der Waals surface area contributed by atoms with E-state index >= 15 is 0 Å². The van der Waals surface area contributed by atoms with Gasteiger partial charge in [-0.05, 0) is 31.3 Å². The number of carbonyl (C=O) groups is 1. The summed E-state index contributed by atoms with van der Waals surface area (Å²) in [5.74, 6) is 0.0375. The third-order valence-corrected chi connectivity index (χ3v) is 4.11. The van der Waals surface area contributed by atoms with Crippen LogP contribution >= 0.6 is 0 Å². The molecule has 1 aromatic heterocycles. The fraction of sp³-hybridized carbons (Fsp3) is 0.250. The van der Waals surface area contributed by atoms with Gasteiger partial charge in [0.05, 0.1) is 12.5 Å². The van der Waals surface area contributed by atoms with E-state index in [1.807, 2.05) is 62.8 Å². The quantitative estimate of drug-likeness (QED) is 0.733. The molecule has 2 aromatic carbocycles. The molecule has 124 valence electrons. The fourth-order valence-electron chi connectivity index (χ4n) is 2.98. The fourth-order valence-corrected chi connectivity index (χ4v) is 2.98. The number of nitrogens with one attached hydrogen (secondary N) is 2. The Morgan fingerprint density at radius 2 is 1.79 bits per heavy atom. The van der Waals surface area contributed by atoms with Gasteiger partial charge in [-0.1, -0.05) is 48.5 Å². The summed E-state index contributed by atoms with van der Waals surface area (Å²) >= 11 is 0. The number of fused-ring (bicyclic) bond motifs is 1. The van der Waals surface area contributed by atoms with Crippen molar-refractivity contribution in [3.05, 3.63) is 71.9 Å². The Morgan fingerprint density at radius 1 is 1.08 bits per heavy atom. The first-order valence-electron chi connectivity index (χ1n) is 8.17. The number of likely N-dealkylation sites (N-methyl/N-ethyl adjacent to an activating group) is 1. The Labute approximate surface area is 142 Å². The summed E-state index contributed by atoms with van der Waals surface area (Å²) < 4.78 is 0. The van der Waals surface area contributed by atoms with Crippen LogP contribution < -0.4 is 5.32 Å². The first-order valence-corrected chi connectivity index (χ1v) is 8.17. The van der Waals surface area contributed by atoms with Gasteiger partial charge in [0.25, 0.3) is 0 Å². The third kappa shape index (κ3) is 3.84. The van der Waals surface area contributed by atoms with Crippen LogP contribution in [0.2, 0.25) is 0 Å². The Morgan fingerprint density at radius 3 is 2.54 bits per heavy atom. The van der Waals surface area contributed by atoms with E-state index in [9.17, 15) is 4.79 Å². The normalized spacial score (nSPS) is 12.5. The van der Waals surface area contributed by atoms with Gasteiger partial charge in [-0.2, -0.15) is 0 Å². The smallest absolute Gasteiger partial charge is 0.225 e. The predicted octanol–water partition coefficient (Wildman–Crippen LogP) is 3.13. The number of amides is 1. The van der Waals surface area contributed by atoms with Crippen molar-refractivity contribution in [2.45, 2.75) is 12.5 Å². The van der Waals surface area contributed by atoms with Gasteiger partial charge in [0, 0.05) is 23.6 Å². The molecule has 2 N–H and O–H groups in total. The van der Waals surface area contributed by atoms with E-state index < -0.39 is 0 Å². The lowest BCUT2D eigenvalue weighted by molar-refractivity contribution is -0.121. The highest BCUT2D eigenvalue weighted by Crippen LogP contribution is 2.19. The zero-order chi connectivity index (χ0) is 16.9. The molecule has 3 rings (SSSR count). The molecule has 0 aliphatic carbocycles. The van der Waals surface area contributed by atoms with Gasteiger partial charge in [0.15, 0.2) is 0 Å². The van der Waals surface area contributed by atoms with Gasteiger partial charge in [-0.3, -0.25) is 4.79 Å². The molecule has 1 amide bonds. The van der Waals surface area contributed by atoms with E-state index in [1.54, 1.807) is 0 Å². The molecule has 0 saturated carbocycles. The van der Waals surface area contributed by atoms with E-state index in [0.717, 1.165) is 28.6 Å². The zero-order valence-corrected chi connectivity index (χ0v) is 14.1. The van der Waals surface area contributed by atoms with E-state index in [1.165, 1.54) is 0 Å². The number of nitrogens with zero attached hydrogens (tertiary/aromatic N) is 1. The largest absolute Gasteiger partial charge is 0.361 e. The summed E-state index contributed by atoms with van der Waals surface area (Å²) in [6, 6.07) is 18.1. The van der Waals surface area contributed by atoms with Crippen molar-refractivity contribution in [3.8, 4) is 0 Å². The van der Waals surface area contributed by atoms with Gasteiger partial charge < -0.3 is 15.2 Å². The van der Waals surface area contributed by atoms with Gasteiger partial charge in [0.1, 0.15) is 0 Å². The number of aromatic nitrogens is 1. The maximum Gasteiger partial charge on any atom is 0.225 e. The van der Waals surface area contributed by atoms with E-state index in [-0.39, 0.29) is 11.9 Å². The SMILES string of the molecule is CN(C)CC(NC(=O)Cc1c[nH]c2ccccc12)c1ccccc1. The number of carbonyl (C=O) groups excluding carboxylic acids is 1. The predicted molar refractivity (Wildman–Crippen MR) is 97.9 cm³/mol. The summed E-state index contributed by atoms with van der Waals surface area (Å²) in [6.45, 7) is 0.767. The third-order valence-electron chi connectivity index (χ3n) is 4.11. The van der Waals surface area contributed by atoms with Gasteiger partial charge in [0.2, 0.25) is 5.91 Å². The van der Waals surface area contributed by atoms with Crippen molar-refractivity contribution in [1.29, 1.82) is 0 Å². The monoisotopic (exact) mass is 321 g/mol. The molecule has 0 radical (unpaired) electrons. The highest BCUT2D eigenvalue weighted by Gasteiger charge is 2.16. The van der Waals surface area contributed by atoms with Crippen molar-refractivity contribution in [3.63, 3.8) is 0 Å². The van der Waals surface area contributed by atoms with Crippen LogP contribution in [-0.2, 0) is 11.2 Å². The van der Waals surface area contributed by atoms with Crippen molar-refractivity contribution in [2.75, 3.05) is 20.6 Å². The van der Waals surface area contributed by atoms with Crippen molar-refractivity contribution < 1.29 is 4.79 Å². The molecule has 24 heavy (non-hydrogen) atoms. The Hall–Kier alpha value is -2.59. The van der Waals surface area contributed by atoms with E-state index in [2.05, 4.69) is 27.3 Å². The van der Waals surface area contributed by atoms with Crippen LogP contribution in [0.5, 0.6) is 0 Å². The number of rotatable bonds is 6. The molecule has 4 heteroatoms. The summed E-state index contributed by atoms with van der Waals surface area (Å²) in [5, 5.41) is 4.28. The second kappa shape index (κ2) is 7.32. The Bertz CT molecular complexity index is 808. The number of hydrogen-bond acceptors (Lipinski definition) is 2. The summed E-state index contributed by atoms with van der Waals surface area (Å²) in [6.07, 6.45) is 2.30. The van der Waals surface area contributed by atoms with Crippen LogP contribution in [0.15, 0.2) is 60.8 Å². The molecule has 1 atom stereocenters. The number of hydrogen-bond donors (Lipinski definition) is 2. The number of benzene rings is 2. The first-order chi connectivity index (χ1) is 11.6. The molecule has 0 aliphatic rings. The molecule has 0 spiro atoms. The Balaban J connectivity index is 1.73. The lowest BCUT2D eigenvalue weighted by Crippen LogP contribution is -2.36. The average molecular weight is 321 g/mol. The minimum atomic E-state index is -0.0149. The van der Waals surface area contributed by atoms with Crippen LogP contribution in [-0.4, -0.2) is 36.4 Å². The minimum absolute atomic E-state index is 0.0149. The maximum absolute atomic E-state index is 12.6. The number of H-pyrrole nitrogens is 1. The molecule has 1 heterocycles. The summed E-state index contributed by atoms with van der Waals surface area (Å²) in [4.78, 5) is 17.9. The summed E-state index contributed by atoms with van der Waals surface area (Å²) in [7, 11) is 4.03. The molecule has 0 saturated heterocycles. The van der Waals surface area contributed by atoms with Crippen molar-refractivity contribution >= 4 is 16.8 Å². The van der Waals surface area contributed by atoms with Crippen LogP contribution in [0.3, 0.4) is 0 Å². The van der Waals surface area contributed by atoms with Crippen LogP contribution in [0.4, 0.5) is 0 Å². The van der Waals surface area contributed by atoms with Crippen molar-refractivity contribution in [2.24, 2.45) is 0 Å². The van der Waals surface area contributed by atoms with Crippen LogP contribution in [0.1, 0.15) is 17.2 Å². The van der Waals surface area contributed by atoms with E-state index in [0.29, 0.717) is 6.42 Å². The van der Waals surface area contributed by atoms with E-state index in [4.69, 9.17) is 0 Å². The molecule has 1 unspecified atom stereocenters. The molecule has 3 aromatic rings. The highest BCUT2D eigenvalue weighted by atomic mass is 16.1. The number of para-hydroxylation sites is 1. The second-order valence-corrected chi connectivity index (χ2v) is 6.33. The molecule has 0 bridgehead atoms. The first kappa shape index (κ1) is 16.3. The zero-order valence-electron chi connectivity index (χ0n) is 14.1. The molecular formula is C20H23N3O. The van der Waals surface area contributed by atoms with Crippen LogP contribution in [0, 0.1) is 0 Å². The Kier molecular flexibility index (Phi) is 4.96. The minimum Gasteiger partial charge on any atom is -0.361 e. The lowest BCUT2D eigenvalue weighted by Gasteiger charge is -2.23. The van der Waals surface area contributed by atoms with Crippen molar-refractivity contribution in [1.82, 2.24) is 15.2 Å².